The third-order valence-corrected chi connectivity index (χ3v) is 0.928. The molecule has 52 valence electrons. The van der Waals surface area contributed by atoms with Gasteiger partial charge in [0.15, 0.2) is 6.30 Å². The largest absolute Gasteiger partial charge is 0.291 e. The molecule has 1 unspecified atom stereocenters. The number of nitrogens with one attached hydrogen (secondary N) is 1. The molecule has 1 nitrogen and oxygen atoms in total. The zero-order valence-corrected chi connectivity index (χ0v) is 5.60. The summed E-state index contributed by atoms with van der Waals surface area (Å²) in [7, 11) is 1.59. The third kappa shape index (κ3) is 5.24. The Hall–Kier alpha value is -0.630. The van der Waals surface area contributed by atoms with Gasteiger partial charge >= 0.3 is 0 Å². The minimum atomic E-state index is -0.929. The minimum absolute atomic E-state index is 0.405. The van der Waals surface area contributed by atoms with Crippen LogP contribution in [0.3, 0.4) is 0 Å². The summed E-state index contributed by atoms with van der Waals surface area (Å²) in [6.07, 6.45) is 4.56. The van der Waals surface area contributed by atoms with Crippen molar-refractivity contribution in [2.45, 2.75) is 12.7 Å². The van der Waals surface area contributed by atoms with Gasteiger partial charge < -0.3 is 0 Å². The van der Waals surface area contributed by atoms with E-state index in [2.05, 4.69) is 11.9 Å². The van der Waals surface area contributed by atoms with Crippen LogP contribution in [0.25, 0.3) is 0 Å². The monoisotopic (exact) mass is 129 g/mol. The van der Waals surface area contributed by atoms with E-state index in [1.165, 1.54) is 0 Å². The molecular formula is C7H12FN. The fraction of sp³-hybridized carbons (Fsp3) is 0.429. The lowest BCUT2D eigenvalue weighted by Crippen LogP contribution is -2.18. The maximum Gasteiger partial charge on any atom is 0.154 e. The maximum atomic E-state index is 12.3. The quantitative estimate of drug-likeness (QED) is 0.449. The maximum absolute atomic E-state index is 12.3. The number of hydrogen-bond donors (Lipinski definition) is 1. The average molecular weight is 129 g/mol. The van der Waals surface area contributed by atoms with Crippen molar-refractivity contribution in [2.75, 3.05) is 7.05 Å². The Morgan fingerprint density at radius 3 is 2.89 bits per heavy atom. The van der Waals surface area contributed by atoms with E-state index >= 15 is 0 Å². The van der Waals surface area contributed by atoms with Crippen molar-refractivity contribution in [3.8, 4) is 0 Å². The summed E-state index contributed by atoms with van der Waals surface area (Å²) in [5.74, 6) is 0. The summed E-state index contributed by atoms with van der Waals surface area (Å²) in [6.45, 7) is 3.45. The number of halogens is 1. The van der Waals surface area contributed by atoms with E-state index < -0.39 is 6.30 Å². The van der Waals surface area contributed by atoms with Crippen LogP contribution in [0.5, 0.6) is 0 Å². The molecule has 0 amide bonds. The molecule has 0 radical (unpaired) electrons. The van der Waals surface area contributed by atoms with Crippen LogP contribution in [0.4, 0.5) is 4.39 Å². The molecule has 0 aliphatic carbocycles. The highest BCUT2D eigenvalue weighted by molar-refractivity contribution is 4.97. The molecule has 0 fully saturated rings. The van der Waals surface area contributed by atoms with Gasteiger partial charge in [0.2, 0.25) is 0 Å². The first-order chi connectivity index (χ1) is 4.31. The Kier molecular flexibility index (Phi) is 5.12. The van der Waals surface area contributed by atoms with E-state index in [-0.39, 0.29) is 0 Å². The van der Waals surface area contributed by atoms with Crippen LogP contribution in [0.1, 0.15) is 6.42 Å². The van der Waals surface area contributed by atoms with Crippen LogP contribution in [0.15, 0.2) is 24.8 Å². The van der Waals surface area contributed by atoms with E-state index in [4.69, 9.17) is 0 Å². The number of allylic oxidation sites excluding steroid dienone is 2. The van der Waals surface area contributed by atoms with Gasteiger partial charge in [0.05, 0.1) is 0 Å². The van der Waals surface area contributed by atoms with Crippen LogP contribution in [-0.2, 0) is 0 Å². The molecule has 1 N–H and O–H groups in total. The molecular weight excluding hydrogens is 117 g/mol. The van der Waals surface area contributed by atoms with Crippen molar-refractivity contribution in [3.63, 3.8) is 0 Å². The van der Waals surface area contributed by atoms with Gasteiger partial charge in [-0.3, -0.25) is 5.32 Å². The average Bonchev–Trinajstić information content (AvgIpc) is 1.89. The molecule has 0 aliphatic rings. The lowest BCUT2D eigenvalue weighted by molar-refractivity contribution is 0.294. The van der Waals surface area contributed by atoms with Crippen molar-refractivity contribution in [2.24, 2.45) is 0 Å². The van der Waals surface area contributed by atoms with Crippen LogP contribution in [0.2, 0.25) is 0 Å². The highest BCUT2D eigenvalue weighted by Crippen LogP contribution is 1.92. The van der Waals surface area contributed by atoms with Crippen molar-refractivity contribution >= 4 is 0 Å². The van der Waals surface area contributed by atoms with Gasteiger partial charge in [-0.25, -0.2) is 4.39 Å². The predicted octanol–water partition coefficient (Wildman–Crippen LogP) is 1.63. The van der Waals surface area contributed by atoms with Gasteiger partial charge in [-0.15, -0.1) is 0 Å². The topological polar surface area (TPSA) is 12.0 Å². The molecule has 0 aromatic heterocycles. The minimum Gasteiger partial charge on any atom is -0.291 e. The van der Waals surface area contributed by atoms with Gasteiger partial charge in [0.1, 0.15) is 0 Å². The first kappa shape index (κ1) is 8.37. The highest BCUT2D eigenvalue weighted by Gasteiger charge is 1.95. The van der Waals surface area contributed by atoms with Crippen molar-refractivity contribution in [1.82, 2.24) is 5.32 Å². The van der Waals surface area contributed by atoms with Crippen molar-refractivity contribution < 1.29 is 4.39 Å². The van der Waals surface area contributed by atoms with Gasteiger partial charge in [-0.2, -0.15) is 0 Å². The molecule has 0 spiro atoms. The van der Waals surface area contributed by atoms with E-state index in [0.717, 1.165) is 0 Å². The van der Waals surface area contributed by atoms with Crippen LogP contribution in [0, 0.1) is 0 Å². The third-order valence-electron chi connectivity index (χ3n) is 0.928. The lowest BCUT2D eigenvalue weighted by atomic mass is 10.3. The molecule has 0 aromatic rings. The zero-order chi connectivity index (χ0) is 7.11. The first-order valence-electron chi connectivity index (χ1n) is 2.90. The molecule has 0 rings (SSSR count). The Bertz CT molecular complexity index is 99.1. The Morgan fingerprint density at radius 2 is 2.44 bits per heavy atom. The summed E-state index contributed by atoms with van der Waals surface area (Å²) in [4.78, 5) is 0. The van der Waals surface area contributed by atoms with E-state index in [0.29, 0.717) is 6.42 Å². The van der Waals surface area contributed by atoms with E-state index in [1.54, 1.807) is 25.3 Å². The molecule has 0 saturated heterocycles. The number of rotatable bonds is 4. The predicted molar refractivity (Wildman–Crippen MR) is 37.9 cm³/mol. The summed E-state index contributed by atoms with van der Waals surface area (Å²) >= 11 is 0. The van der Waals surface area contributed by atoms with Crippen molar-refractivity contribution in [3.05, 3.63) is 24.8 Å². The second-order valence-electron chi connectivity index (χ2n) is 1.66. The molecule has 0 heterocycles. The van der Waals surface area contributed by atoms with Crippen molar-refractivity contribution in [1.29, 1.82) is 0 Å². The molecule has 2 heteroatoms. The second kappa shape index (κ2) is 5.51. The normalized spacial score (nSPS) is 14.0. The van der Waals surface area contributed by atoms with Crippen LogP contribution < -0.4 is 5.32 Å². The molecule has 0 saturated carbocycles. The Labute approximate surface area is 55.3 Å². The van der Waals surface area contributed by atoms with Gasteiger partial charge in [0.25, 0.3) is 0 Å². The molecule has 1 atom stereocenters. The lowest BCUT2D eigenvalue weighted by Gasteiger charge is -1.99. The number of hydrogen-bond acceptors (Lipinski definition) is 1. The van der Waals surface area contributed by atoms with Gasteiger partial charge in [0, 0.05) is 6.42 Å². The fourth-order valence-corrected chi connectivity index (χ4v) is 0.412. The molecule has 0 aromatic carbocycles. The zero-order valence-electron chi connectivity index (χ0n) is 5.60. The molecule has 0 aliphatic heterocycles. The summed E-state index contributed by atoms with van der Waals surface area (Å²) in [5.41, 5.74) is 0. The van der Waals surface area contributed by atoms with E-state index in [9.17, 15) is 4.39 Å². The Morgan fingerprint density at radius 1 is 1.78 bits per heavy atom. The first-order valence-corrected chi connectivity index (χ1v) is 2.90. The highest BCUT2D eigenvalue weighted by atomic mass is 19.1. The molecule has 0 bridgehead atoms. The van der Waals surface area contributed by atoms with Crippen LogP contribution >= 0.6 is 0 Å². The SMILES string of the molecule is C=C/C=C\CC(F)NC. The number of alkyl halides is 1. The standard InChI is InChI=1S/C7H12FN/c1-3-4-5-6-7(8)9-2/h3-5,7,9H,1,6H2,2H3/b5-4-. The van der Waals surface area contributed by atoms with Gasteiger partial charge in [-0.05, 0) is 7.05 Å². The summed E-state index contributed by atoms with van der Waals surface area (Å²) < 4.78 is 12.3. The summed E-state index contributed by atoms with van der Waals surface area (Å²) in [6, 6.07) is 0. The molecule has 9 heavy (non-hydrogen) atoms. The van der Waals surface area contributed by atoms with E-state index in [1.807, 2.05) is 0 Å². The second-order valence-corrected chi connectivity index (χ2v) is 1.66. The summed E-state index contributed by atoms with van der Waals surface area (Å²) in [5, 5.41) is 2.47. The fourth-order valence-electron chi connectivity index (χ4n) is 0.412. The smallest absolute Gasteiger partial charge is 0.154 e. The van der Waals surface area contributed by atoms with Crippen LogP contribution in [-0.4, -0.2) is 13.3 Å². The van der Waals surface area contributed by atoms with Gasteiger partial charge in [-0.1, -0.05) is 24.8 Å². The Balaban J connectivity index is 3.25.